The summed E-state index contributed by atoms with van der Waals surface area (Å²) in [4.78, 5) is 40.3. The van der Waals surface area contributed by atoms with Gasteiger partial charge in [0.25, 0.3) is 0 Å². The second kappa shape index (κ2) is 8.28. The van der Waals surface area contributed by atoms with Crippen LogP contribution in [0.4, 0.5) is 0 Å². The summed E-state index contributed by atoms with van der Waals surface area (Å²) in [6.45, 7) is 1.98. The number of aliphatic hydroxyl groups excluding tert-OH is 1. The molecule has 0 radical (unpaired) electrons. The number of carbonyl (C=O) groups is 3. The molecule has 0 bridgehead atoms. The van der Waals surface area contributed by atoms with Crippen LogP contribution in [0.25, 0.3) is 0 Å². The molecule has 0 aromatic heterocycles. The number of aliphatic hydroxyl groups is 2. The number of hydrogen-bond acceptors (Lipinski definition) is 6. The number of carboxylic acids is 1. The second-order valence-electron chi connectivity index (χ2n) is 9.23. The molecular weight excluding hydrogens is 406 g/mol. The number of hydrogen-bond donors (Lipinski definition) is 3. The molecule has 8 heteroatoms. The molecule has 0 aromatic carbocycles. The van der Waals surface area contributed by atoms with Crippen molar-refractivity contribution in [1.29, 1.82) is 0 Å². The van der Waals surface area contributed by atoms with Gasteiger partial charge in [-0.3, -0.25) is 14.4 Å². The quantitative estimate of drug-likeness (QED) is 0.426. The fourth-order valence-corrected chi connectivity index (χ4v) is 7.71. The first-order valence-corrected chi connectivity index (χ1v) is 12.1. The van der Waals surface area contributed by atoms with Crippen LogP contribution in [0, 0.1) is 35.5 Å². The number of thioether (sulfide) groups is 1. The molecule has 4 aliphatic rings. The molecule has 4 rings (SSSR count). The van der Waals surface area contributed by atoms with Crippen molar-refractivity contribution in [2.75, 3.05) is 18.9 Å². The number of allylic oxidation sites excluding steroid dienone is 2. The Bertz CT molecular complexity index is 756. The van der Waals surface area contributed by atoms with Gasteiger partial charge >= 0.3 is 5.97 Å². The molecule has 1 amide bonds. The van der Waals surface area contributed by atoms with Crippen LogP contribution < -0.4 is 0 Å². The van der Waals surface area contributed by atoms with Crippen molar-refractivity contribution in [2.24, 2.45) is 35.5 Å². The molecule has 0 spiro atoms. The number of fused-ring (bicyclic) bond motifs is 2. The highest BCUT2D eigenvalue weighted by atomic mass is 32.2. The first-order chi connectivity index (χ1) is 14.3. The van der Waals surface area contributed by atoms with Gasteiger partial charge in [0, 0.05) is 18.2 Å². The van der Waals surface area contributed by atoms with Gasteiger partial charge in [-0.15, -0.1) is 11.8 Å². The highest BCUT2D eigenvalue weighted by Crippen LogP contribution is 2.52. The number of nitrogens with zero attached hydrogens (tertiary/aromatic N) is 1. The lowest BCUT2D eigenvalue weighted by Gasteiger charge is -2.42. The van der Waals surface area contributed by atoms with Crippen molar-refractivity contribution < 1.29 is 29.7 Å². The van der Waals surface area contributed by atoms with Crippen LogP contribution in [-0.2, 0) is 14.4 Å². The van der Waals surface area contributed by atoms with E-state index in [2.05, 4.69) is 12.2 Å². The van der Waals surface area contributed by atoms with E-state index in [1.54, 1.807) is 0 Å². The third kappa shape index (κ3) is 3.22. The van der Waals surface area contributed by atoms with Crippen LogP contribution in [-0.4, -0.2) is 67.8 Å². The molecular formula is C22H31NO6S. The summed E-state index contributed by atoms with van der Waals surface area (Å²) in [5.41, 5.74) is -1.89. The maximum Gasteiger partial charge on any atom is 0.311 e. The molecule has 0 aromatic rings. The molecule has 2 aliphatic heterocycles. The van der Waals surface area contributed by atoms with Gasteiger partial charge in [-0.05, 0) is 37.0 Å². The SMILES string of the molecule is CC1C=CC2CCCCC2C1C(=O)C1C(=O)N2CCC(C(=O)O)C2(O)C1SCCO. The van der Waals surface area contributed by atoms with E-state index < -0.39 is 34.7 Å². The monoisotopic (exact) mass is 437 g/mol. The standard InChI is InChI=1S/C22H31NO6S/c1-12-6-7-13-4-2-3-5-14(13)16(12)18(25)17-19(30-11-10-24)22(29)15(21(27)28)8-9-23(22)20(17)26/h6-7,12-17,19,24,29H,2-5,8-11H2,1H3,(H,27,28). The van der Waals surface area contributed by atoms with Gasteiger partial charge in [0.15, 0.2) is 11.5 Å². The van der Waals surface area contributed by atoms with Crippen LogP contribution in [0.15, 0.2) is 12.2 Å². The fraction of sp³-hybridized carbons (Fsp3) is 0.773. The largest absolute Gasteiger partial charge is 0.481 e. The number of rotatable bonds is 6. The number of carbonyl (C=O) groups excluding carboxylic acids is 2. The minimum atomic E-state index is -1.89. The maximum absolute atomic E-state index is 13.9. The predicted molar refractivity (Wildman–Crippen MR) is 111 cm³/mol. The Balaban J connectivity index is 1.69. The number of aliphatic carboxylic acids is 1. The highest BCUT2D eigenvalue weighted by Gasteiger charge is 2.68. The van der Waals surface area contributed by atoms with E-state index in [9.17, 15) is 29.7 Å². The average molecular weight is 438 g/mol. The maximum atomic E-state index is 13.9. The molecule has 8 atom stereocenters. The first-order valence-electron chi connectivity index (χ1n) is 11.0. The Kier molecular flexibility index (Phi) is 6.03. The topological polar surface area (TPSA) is 115 Å². The molecule has 3 fully saturated rings. The van der Waals surface area contributed by atoms with E-state index in [-0.39, 0.29) is 48.9 Å². The molecule has 2 heterocycles. The zero-order valence-electron chi connectivity index (χ0n) is 17.3. The Labute approximate surface area is 180 Å². The summed E-state index contributed by atoms with van der Waals surface area (Å²) in [6, 6.07) is 0. The molecule has 166 valence electrons. The highest BCUT2D eigenvalue weighted by molar-refractivity contribution is 8.00. The van der Waals surface area contributed by atoms with Crippen LogP contribution in [0.3, 0.4) is 0 Å². The summed E-state index contributed by atoms with van der Waals surface area (Å²) >= 11 is 1.15. The smallest absolute Gasteiger partial charge is 0.311 e. The van der Waals surface area contributed by atoms with Gasteiger partial charge in [-0.2, -0.15) is 0 Å². The average Bonchev–Trinajstić information content (AvgIpc) is 3.17. The Morgan fingerprint density at radius 1 is 1.23 bits per heavy atom. The third-order valence-corrected chi connectivity index (χ3v) is 9.12. The summed E-state index contributed by atoms with van der Waals surface area (Å²) in [6.07, 6.45) is 8.70. The van der Waals surface area contributed by atoms with E-state index in [0.29, 0.717) is 5.92 Å². The van der Waals surface area contributed by atoms with E-state index in [1.165, 1.54) is 4.90 Å². The van der Waals surface area contributed by atoms with E-state index >= 15 is 0 Å². The molecule has 2 aliphatic carbocycles. The fourth-order valence-electron chi connectivity index (χ4n) is 6.37. The van der Waals surface area contributed by atoms with Crippen molar-refractivity contribution in [3.8, 4) is 0 Å². The van der Waals surface area contributed by atoms with Crippen LogP contribution in [0.2, 0.25) is 0 Å². The molecule has 8 unspecified atom stereocenters. The van der Waals surface area contributed by atoms with Gasteiger partial charge in [-0.25, -0.2) is 0 Å². The van der Waals surface area contributed by atoms with E-state index in [4.69, 9.17) is 0 Å². The number of carboxylic acid groups (broad SMARTS) is 1. The van der Waals surface area contributed by atoms with Gasteiger partial charge in [0.1, 0.15) is 11.8 Å². The molecule has 3 N–H and O–H groups in total. The lowest BCUT2D eigenvalue weighted by atomic mass is 9.62. The molecule has 2 saturated heterocycles. The Morgan fingerprint density at radius 2 is 1.97 bits per heavy atom. The number of Topliss-reactive ketones (excluding diaryl/α,β-unsaturated/α-hetero) is 1. The third-order valence-electron chi connectivity index (χ3n) is 7.73. The van der Waals surface area contributed by atoms with Crippen molar-refractivity contribution in [3.05, 3.63) is 12.2 Å². The summed E-state index contributed by atoms with van der Waals surface area (Å²) in [7, 11) is 0. The van der Waals surface area contributed by atoms with Crippen LogP contribution >= 0.6 is 11.8 Å². The molecule has 30 heavy (non-hydrogen) atoms. The molecule has 7 nitrogen and oxygen atoms in total. The Morgan fingerprint density at radius 3 is 2.67 bits per heavy atom. The Hall–Kier alpha value is -1.38. The zero-order chi connectivity index (χ0) is 21.6. The number of ketones is 1. The lowest BCUT2D eigenvalue weighted by molar-refractivity contribution is -0.160. The van der Waals surface area contributed by atoms with Gasteiger partial charge in [-0.1, -0.05) is 31.9 Å². The van der Waals surface area contributed by atoms with Crippen molar-refractivity contribution in [1.82, 2.24) is 4.90 Å². The second-order valence-corrected chi connectivity index (χ2v) is 10.5. The summed E-state index contributed by atoms with van der Waals surface area (Å²) in [5, 5.41) is 29.6. The van der Waals surface area contributed by atoms with Crippen molar-refractivity contribution >= 4 is 29.4 Å². The van der Waals surface area contributed by atoms with Gasteiger partial charge < -0.3 is 20.2 Å². The van der Waals surface area contributed by atoms with Gasteiger partial charge in [0.2, 0.25) is 5.91 Å². The zero-order valence-corrected chi connectivity index (χ0v) is 18.1. The lowest BCUT2D eigenvalue weighted by Crippen LogP contribution is -2.53. The van der Waals surface area contributed by atoms with E-state index in [0.717, 1.165) is 37.4 Å². The minimum Gasteiger partial charge on any atom is -0.481 e. The first kappa shape index (κ1) is 21.8. The van der Waals surface area contributed by atoms with E-state index in [1.807, 2.05) is 6.92 Å². The van der Waals surface area contributed by atoms with Crippen molar-refractivity contribution in [3.63, 3.8) is 0 Å². The normalized spacial score (nSPS) is 42.8. The van der Waals surface area contributed by atoms with Crippen molar-refractivity contribution in [2.45, 2.75) is 50.0 Å². The van der Waals surface area contributed by atoms with Crippen LogP contribution in [0.5, 0.6) is 0 Å². The summed E-state index contributed by atoms with van der Waals surface area (Å²) in [5.74, 6) is -3.45. The van der Waals surface area contributed by atoms with Crippen LogP contribution in [0.1, 0.15) is 39.0 Å². The predicted octanol–water partition coefficient (Wildman–Crippen LogP) is 1.53. The van der Waals surface area contributed by atoms with Gasteiger partial charge in [0.05, 0.1) is 11.9 Å². The number of amides is 1. The minimum absolute atomic E-state index is 0.00787. The summed E-state index contributed by atoms with van der Waals surface area (Å²) < 4.78 is 0. The molecule has 1 saturated carbocycles.